The lowest BCUT2D eigenvalue weighted by molar-refractivity contribution is 0.163. The second-order valence-corrected chi connectivity index (χ2v) is 5.47. The van der Waals surface area contributed by atoms with Gasteiger partial charge in [0.1, 0.15) is 0 Å². The molecule has 0 aromatic carbocycles. The maximum atomic E-state index is 11.5. The van der Waals surface area contributed by atoms with Gasteiger partial charge >= 0.3 is 0 Å². The van der Waals surface area contributed by atoms with Gasteiger partial charge in [-0.2, -0.15) is 0 Å². The van der Waals surface area contributed by atoms with Crippen LogP contribution >= 0.6 is 0 Å². The second-order valence-electron chi connectivity index (χ2n) is 3.55. The summed E-state index contributed by atoms with van der Waals surface area (Å²) in [6.07, 6.45) is 2.01. The predicted molar refractivity (Wildman–Crippen MR) is 62.4 cm³/mol. The Kier molecular flexibility index (Phi) is 8.00. The van der Waals surface area contributed by atoms with Crippen molar-refractivity contribution in [2.45, 2.75) is 33.6 Å². The fourth-order valence-corrected chi connectivity index (χ4v) is 2.18. The van der Waals surface area contributed by atoms with Crippen LogP contribution in [-0.4, -0.2) is 33.9 Å². The minimum absolute atomic E-state index is 0.0565. The Morgan fingerprint density at radius 3 is 2.27 bits per heavy atom. The average molecular weight is 237 g/mol. The zero-order valence-electron chi connectivity index (χ0n) is 9.95. The van der Waals surface area contributed by atoms with Crippen molar-refractivity contribution >= 4 is 10.0 Å². The van der Waals surface area contributed by atoms with Crippen molar-refractivity contribution in [3.63, 3.8) is 0 Å². The summed E-state index contributed by atoms with van der Waals surface area (Å²) in [6.45, 7) is 7.37. The number of ether oxygens (including phenoxy) is 1. The van der Waals surface area contributed by atoms with E-state index in [2.05, 4.69) is 18.6 Å². The van der Waals surface area contributed by atoms with Gasteiger partial charge in [-0.3, -0.25) is 0 Å². The maximum Gasteiger partial charge on any atom is 0.213 e. The Bertz CT molecular complexity index is 235. The molecule has 0 unspecified atom stereocenters. The zero-order valence-corrected chi connectivity index (χ0v) is 10.8. The van der Waals surface area contributed by atoms with Crippen LogP contribution in [0.1, 0.15) is 33.6 Å². The van der Waals surface area contributed by atoms with Gasteiger partial charge in [0, 0.05) is 13.2 Å². The van der Waals surface area contributed by atoms with Gasteiger partial charge in [-0.05, 0) is 12.8 Å². The SMILES string of the molecule is CCOCCS(=O)(=O)NCC(CC)CC. The Morgan fingerprint density at radius 1 is 1.20 bits per heavy atom. The van der Waals surface area contributed by atoms with Gasteiger partial charge in [-0.25, -0.2) is 13.1 Å². The fourth-order valence-electron chi connectivity index (χ4n) is 1.21. The summed E-state index contributed by atoms with van der Waals surface area (Å²) >= 11 is 0. The largest absolute Gasteiger partial charge is 0.381 e. The molecule has 0 atom stereocenters. The van der Waals surface area contributed by atoms with Gasteiger partial charge in [-0.1, -0.05) is 26.7 Å². The molecule has 0 saturated carbocycles. The first kappa shape index (κ1) is 14.9. The third-order valence-corrected chi connectivity index (χ3v) is 3.76. The number of hydrogen-bond donors (Lipinski definition) is 1. The fraction of sp³-hybridized carbons (Fsp3) is 1.00. The summed E-state index contributed by atoms with van der Waals surface area (Å²) < 4.78 is 30.5. The van der Waals surface area contributed by atoms with Gasteiger partial charge < -0.3 is 4.74 Å². The third-order valence-electron chi connectivity index (χ3n) is 2.45. The van der Waals surface area contributed by atoms with Crippen LogP contribution in [0.3, 0.4) is 0 Å². The highest BCUT2D eigenvalue weighted by atomic mass is 32.2. The molecule has 0 aliphatic carbocycles. The van der Waals surface area contributed by atoms with Crippen molar-refractivity contribution in [1.29, 1.82) is 0 Å². The molecule has 0 bridgehead atoms. The van der Waals surface area contributed by atoms with Crippen molar-refractivity contribution in [3.05, 3.63) is 0 Å². The molecule has 1 N–H and O–H groups in total. The Morgan fingerprint density at radius 2 is 1.80 bits per heavy atom. The number of hydrogen-bond acceptors (Lipinski definition) is 3. The van der Waals surface area contributed by atoms with E-state index >= 15 is 0 Å². The molecule has 0 aliphatic rings. The van der Waals surface area contributed by atoms with E-state index in [-0.39, 0.29) is 12.4 Å². The second kappa shape index (κ2) is 8.07. The van der Waals surface area contributed by atoms with Crippen LogP contribution in [0.15, 0.2) is 0 Å². The Balaban J connectivity index is 3.82. The highest BCUT2D eigenvalue weighted by molar-refractivity contribution is 7.89. The van der Waals surface area contributed by atoms with E-state index in [1.165, 1.54) is 0 Å². The molecular weight excluding hydrogens is 214 g/mol. The lowest BCUT2D eigenvalue weighted by atomic mass is 10.0. The minimum Gasteiger partial charge on any atom is -0.381 e. The smallest absolute Gasteiger partial charge is 0.213 e. The zero-order chi connectivity index (χ0) is 11.7. The molecule has 0 fully saturated rings. The monoisotopic (exact) mass is 237 g/mol. The standard InChI is InChI=1S/C10H23NO3S/c1-4-10(5-2)9-11-15(12,13)8-7-14-6-3/h10-11H,4-9H2,1-3H3. The highest BCUT2D eigenvalue weighted by Gasteiger charge is 2.12. The van der Waals surface area contributed by atoms with Crippen LogP contribution in [0.25, 0.3) is 0 Å². The van der Waals surface area contributed by atoms with E-state index in [9.17, 15) is 8.42 Å². The summed E-state index contributed by atoms with van der Waals surface area (Å²) in [5.41, 5.74) is 0. The minimum atomic E-state index is -3.14. The van der Waals surface area contributed by atoms with Gasteiger partial charge in [0.15, 0.2) is 0 Å². The molecular formula is C10H23NO3S. The van der Waals surface area contributed by atoms with Crippen molar-refractivity contribution in [3.8, 4) is 0 Å². The normalized spacial score (nSPS) is 12.3. The Hall–Kier alpha value is -0.130. The predicted octanol–water partition coefficient (Wildman–Crippen LogP) is 1.38. The first-order valence-electron chi connectivity index (χ1n) is 5.60. The van der Waals surface area contributed by atoms with Crippen molar-refractivity contribution in [2.24, 2.45) is 5.92 Å². The average Bonchev–Trinajstić information content (AvgIpc) is 2.19. The molecule has 0 heterocycles. The van der Waals surface area contributed by atoms with Gasteiger partial charge in [0.2, 0.25) is 10.0 Å². The lowest BCUT2D eigenvalue weighted by Gasteiger charge is -2.13. The van der Waals surface area contributed by atoms with E-state index in [0.717, 1.165) is 12.8 Å². The highest BCUT2D eigenvalue weighted by Crippen LogP contribution is 2.05. The molecule has 0 aromatic rings. The van der Waals surface area contributed by atoms with Gasteiger partial charge in [-0.15, -0.1) is 0 Å². The van der Waals surface area contributed by atoms with Gasteiger partial charge in [0.25, 0.3) is 0 Å². The van der Waals surface area contributed by atoms with Crippen molar-refractivity contribution < 1.29 is 13.2 Å². The maximum absolute atomic E-state index is 11.5. The van der Waals surface area contributed by atoms with Crippen LogP contribution in [-0.2, 0) is 14.8 Å². The molecule has 5 heteroatoms. The summed E-state index contributed by atoms with van der Waals surface area (Å²) in [5.74, 6) is 0.493. The Labute approximate surface area is 93.4 Å². The molecule has 0 radical (unpaired) electrons. The van der Waals surface area contributed by atoms with E-state index in [1.807, 2.05) is 6.92 Å². The van der Waals surface area contributed by atoms with Crippen LogP contribution in [0, 0.1) is 5.92 Å². The van der Waals surface area contributed by atoms with E-state index in [4.69, 9.17) is 4.74 Å². The summed E-state index contributed by atoms with van der Waals surface area (Å²) in [4.78, 5) is 0. The van der Waals surface area contributed by atoms with Crippen molar-refractivity contribution in [2.75, 3.05) is 25.5 Å². The topological polar surface area (TPSA) is 55.4 Å². The molecule has 92 valence electrons. The number of nitrogens with one attached hydrogen (secondary N) is 1. The van der Waals surface area contributed by atoms with Crippen LogP contribution in [0.5, 0.6) is 0 Å². The summed E-state index contributed by atoms with van der Waals surface area (Å²) in [5, 5.41) is 0. The van der Waals surface area contributed by atoms with Crippen LogP contribution in [0.4, 0.5) is 0 Å². The first-order valence-corrected chi connectivity index (χ1v) is 7.26. The summed E-state index contributed by atoms with van der Waals surface area (Å²) in [6, 6.07) is 0. The van der Waals surface area contributed by atoms with Crippen LogP contribution in [0.2, 0.25) is 0 Å². The number of rotatable bonds is 9. The van der Waals surface area contributed by atoms with Crippen LogP contribution < -0.4 is 4.72 Å². The first-order chi connectivity index (χ1) is 7.05. The quantitative estimate of drug-likeness (QED) is 0.616. The molecule has 0 saturated heterocycles. The molecule has 0 rings (SSSR count). The molecule has 4 nitrogen and oxygen atoms in total. The molecule has 0 spiro atoms. The molecule has 0 aromatic heterocycles. The van der Waals surface area contributed by atoms with E-state index < -0.39 is 10.0 Å². The summed E-state index contributed by atoms with van der Waals surface area (Å²) in [7, 11) is -3.14. The molecule has 0 aliphatic heterocycles. The lowest BCUT2D eigenvalue weighted by Crippen LogP contribution is -2.32. The van der Waals surface area contributed by atoms with E-state index in [0.29, 0.717) is 19.1 Å². The van der Waals surface area contributed by atoms with Crippen molar-refractivity contribution in [1.82, 2.24) is 4.72 Å². The number of sulfonamides is 1. The molecule has 15 heavy (non-hydrogen) atoms. The third kappa shape index (κ3) is 7.76. The van der Waals surface area contributed by atoms with E-state index in [1.54, 1.807) is 0 Å². The van der Waals surface area contributed by atoms with Gasteiger partial charge in [0.05, 0.1) is 12.4 Å². The molecule has 0 amide bonds.